The van der Waals surface area contributed by atoms with Crippen LogP contribution >= 0.6 is 0 Å². The van der Waals surface area contributed by atoms with Crippen LogP contribution in [0.4, 0.5) is 5.69 Å². The van der Waals surface area contributed by atoms with E-state index in [1.165, 1.54) is 5.69 Å². The van der Waals surface area contributed by atoms with Crippen LogP contribution in [0.25, 0.3) is 10.9 Å². The van der Waals surface area contributed by atoms with Crippen molar-refractivity contribution >= 4 is 22.4 Å². The second-order valence-corrected chi connectivity index (χ2v) is 10.3. The SMILES string of the molecule is CC1(C)c2cc(N3CCC(N4CCOCC4)CC3)ccc2C(=O)c2[nH]c3cc(C#N)ccc3c21. The maximum atomic E-state index is 13.5. The Morgan fingerprint density at radius 2 is 1.82 bits per heavy atom. The predicted molar refractivity (Wildman–Crippen MR) is 133 cm³/mol. The number of ether oxygens (including phenoxy) is 1. The maximum Gasteiger partial charge on any atom is 0.209 e. The summed E-state index contributed by atoms with van der Waals surface area (Å²) in [4.78, 5) is 21.9. The summed E-state index contributed by atoms with van der Waals surface area (Å²) in [5, 5.41) is 10.3. The number of nitrogens with one attached hydrogen (secondary N) is 1. The zero-order chi connectivity index (χ0) is 23.4. The quantitative estimate of drug-likeness (QED) is 0.628. The number of benzene rings is 2. The van der Waals surface area contributed by atoms with Crippen LogP contribution in [-0.2, 0) is 10.2 Å². The number of carbonyl (C=O) groups is 1. The molecule has 174 valence electrons. The lowest BCUT2D eigenvalue weighted by atomic mass is 9.69. The molecule has 3 aliphatic rings. The van der Waals surface area contributed by atoms with Crippen LogP contribution in [0.3, 0.4) is 0 Å². The summed E-state index contributed by atoms with van der Waals surface area (Å²) in [6, 6.07) is 14.9. The fourth-order valence-electron chi connectivity index (χ4n) is 6.23. The van der Waals surface area contributed by atoms with Crippen molar-refractivity contribution in [3.8, 4) is 6.07 Å². The number of nitriles is 1. The number of hydrogen-bond acceptors (Lipinski definition) is 5. The molecule has 34 heavy (non-hydrogen) atoms. The highest BCUT2D eigenvalue weighted by Gasteiger charge is 2.40. The number of anilines is 1. The molecule has 2 aliphatic heterocycles. The van der Waals surface area contributed by atoms with Crippen LogP contribution in [0.15, 0.2) is 36.4 Å². The van der Waals surface area contributed by atoms with Crippen molar-refractivity contribution in [2.75, 3.05) is 44.3 Å². The Morgan fingerprint density at radius 1 is 1.06 bits per heavy atom. The predicted octanol–water partition coefficient (Wildman–Crippen LogP) is 4.21. The van der Waals surface area contributed by atoms with E-state index in [9.17, 15) is 10.1 Å². The fraction of sp³-hybridized carbons (Fsp3) is 0.429. The lowest BCUT2D eigenvalue weighted by molar-refractivity contribution is 0.0115. The molecule has 0 unspecified atom stereocenters. The minimum absolute atomic E-state index is 0.0385. The summed E-state index contributed by atoms with van der Waals surface area (Å²) in [6.45, 7) is 10.3. The first-order valence-electron chi connectivity index (χ1n) is 12.3. The van der Waals surface area contributed by atoms with E-state index in [-0.39, 0.29) is 11.2 Å². The van der Waals surface area contributed by atoms with Crippen molar-refractivity contribution in [3.05, 3.63) is 64.3 Å². The van der Waals surface area contributed by atoms with Gasteiger partial charge in [-0.2, -0.15) is 5.26 Å². The van der Waals surface area contributed by atoms with E-state index in [0.717, 1.165) is 79.8 Å². The molecule has 6 heteroatoms. The summed E-state index contributed by atoms with van der Waals surface area (Å²) < 4.78 is 5.52. The van der Waals surface area contributed by atoms with Crippen LogP contribution in [-0.4, -0.2) is 61.1 Å². The number of piperidine rings is 1. The maximum absolute atomic E-state index is 13.5. The molecule has 0 bridgehead atoms. The van der Waals surface area contributed by atoms with E-state index in [1.54, 1.807) is 0 Å². The van der Waals surface area contributed by atoms with Gasteiger partial charge in [0.25, 0.3) is 0 Å². The largest absolute Gasteiger partial charge is 0.379 e. The fourth-order valence-corrected chi connectivity index (χ4v) is 6.23. The van der Waals surface area contributed by atoms with E-state index in [0.29, 0.717) is 17.3 Å². The summed E-state index contributed by atoms with van der Waals surface area (Å²) in [5.41, 5.74) is 5.87. The molecule has 1 N–H and O–H groups in total. The molecule has 0 atom stereocenters. The Hall–Kier alpha value is -3.14. The van der Waals surface area contributed by atoms with Gasteiger partial charge >= 0.3 is 0 Å². The zero-order valence-corrected chi connectivity index (χ0v) is 19.9. The number of H-pyrrole nitrogens is 1. The highest BCUT2D eigenvalue weighted by atomic mass is 16.5. The smallest absolute Gasteiger partial charge is 0.209 e. The first-order valence-corrected chi connectivity index (χ1v) is 12.3. The molecule has 1 aliphatic carbocycles. The summed E-state index contributed by atoms with van der Waals surface area (Å²) in [7, 11) is 0. The van der Waals surface area contributed by atoms with Crippen LogP contribution in [0, 0.1) is 11.3 Å². The molecule has 0 spiro atoms. The van der Waals surface area contributed by atoms with Gasteiger partial charge in [0, 0.05) is 59.8 Å². The van der Waals surface area contributed by atoms with Gasteiger partial charge in [0.2, 0.25) is 5.78 Å². The molecule has 3 aromatic rings. The van der Waals surface area contributed by atoms with Gasteiger partial charge in [0.15, 0.2) is 0 Å². The molecule has 0 amide bonds. The van der Waals surface area contributed by atoms with Crippen LogP contribution < -0.4 is 4.90 Å². The number of ketones is 1. The van der Waals surface area contributed by atoms with E-state index in [1.807, 2.05) is 24.3 Å². The van der Waals surface area contributed by atoms with Crippen molar-refractivity contribution < 1.29 is 9.53 Å². The van der Waals surface area contributed by atoms with Crippen molar-refractivity contribution in [2.24, 2.45) is 0 Å². The topological polar surface area (TPSA) is 72.4 Å². The lowest BCUT2D eigenvalue weighted by Crippen LogP contribution is -2.49. The van der Waals surface area contributed by atoms with Crippen LogP contribution in [0.1, 0.15) is 59.4 Å². The molecule has 2 aromatic carbocycles. The second kappa shape index (κ2) is 7.97. The lowest BCUT2D eigenvalue weighted by Gasteiger charge is -2.41. The van der Waals surface area contributed by atoms with Crippen LogP contribution in [0.5, 0.6) is 0 Å². The minimum atomic E-state index is -0.326. The Bertz CT molecular complexity index is 1320. The summed E-state index contributed by atoms with van der Waals surface area (Å²) in [5.74, 6) is 0.0385. The first-order chi connectivity index (χ1) is 16.5. The van der Waals surface area contributed by atoms with E-state index in [4.69, 9.17) is 4.74 Å². The number of aromatic amines is 1. The monoisotopic (exact) mass is 454 g/mol. The average molecular weight is 455 g/mol. The van der Waals surface area contributed by atoms with Gasteiger partial charge in [-0.1, -0.05) is 19.9 Å². The van der Waals surface area contributed by atoms with E-state index >= 15 is 0 Å². The van der Waals surface area contributed by atoms with Gasteiger partial charge in [-0.25, -0.2) is 0 Å². The molecule has 1 aromatic heterocycles. The second-order valence-electron chi connectivity index (χ2n) is 10.3. The molecule has 3 heterocycles. The van der Waals surface area contributed by atoms with Crippen molar-refractivity contribution in [3.63, 3.8) is 0 Å². The molecule has 0 radical (unpaired) electrons. The number of aromatic nitrogens is 1. The Labute approximate surface area is 200 Å². The number of carbonyl (C=O) groups excluding carboxylic acids is 1. The molecular weight excluding hydrogens is 424 g/mol. The normalized spacial score (nSPS) is 20.7. The van der Waals surface area contributed by atoms with Gasteiger partial charge in [-0.05, 0) is 54.3 Å². The minimum Gasteiger partial charge on any atom is -0.379 e. The van der Waals surface area contributed by atoms with Crippen molar-refractivity contribution in [1.29, 1.82) is 5.26 Å². The Kier molecular flexibility index (Phi) is 5.02. The number of hydrogen-bond donors (Lipinski definition) is 1. The molecule has 2 fully saturated rings. The first kappa shape index (κ1) is 21.4. The van der Waals surface area contributed by atoms with Crippen molar-refractivity contribution in [1.82, 2.24) is 9.88 Å². The van der Waals surface area contributed by atoms with Gasteiger partial charge in [0.1, 0.15) is 0 Å². The molecular formula is C28H30N4O2. The van der Waals surface area contributed by atoms with E-state index < -0.39 is 0 Å². The van der Waals surface area contributed by atoms with Crippen molar-refractivity contribution in [2.45, 2.75) is 38.1 Å². The highest BCUT2D eigenvalue weighted by Crippen LogP contribution is 2.46. The summed E-state index contributed by atoms with van der Waals surface area (Å²) >= 11 is 0. The van der Waals surface area contributed by atoms with Gasteiger partial charge in [0.05, 0.1) is 30.5 Å². The average Bonchev–Trinajstić information content (AvgIpc) is 3.28. The number of nitrogens with zero attached hydrogens (tertiary/aromatic N) is 3. The third-order valence-corrected chi connectivity index (χ3v) is 8.09. The Balaban J connectivity index is 1.32. The molecule has 2 saturated heterocycles. The molecule has 0 saturated carbocycles. The van der Waals surface area contributed by atoms with Gasteiger partial charge < -0.3 is 14.6 Å². The number of rotatable bonds is 2. The molecule has 6 nitrogen and oxygen atoms in total. The number of morpholine rings is 1. The van der Waals surface area contributed by atoms with Gasteiger partial charge in [-0.15, -0.1) is 0 Å². The number of fused-ring (bicyclic) bond motifs is 4. The third kappa shape index (κ3) is 3.26. The highest BCUT2D eigenvalue weighted by molar-refractivity contribution is 6.15. The Morgan fingerprint density at radius 3 is 2.56 bits per heavy atom. The zero-order valence-electron chi connectivity index (χ0n) is 19.9. The third-order valence-electron chi connectivity index (χ3n) is 8.09. The van der Waals surface area contributed by atoms with Crippen LogP contribution in [0.2, 0.25) is 0 Å². The van der Waals surface area contributed by atoms with Gasteiger partial charge in [-0.3, -0.25) is 9.69 Å². The standard InChI is InChI=1S/C28H30N4O2/c1-28(2)23-16-20(31-9-7-19(8-10-31)32-11-13-34-14-12-32)4-6-21(23)27(33)26-25(28)22-5-3-18(17-29)15-24(22)30-26/h3-6,15-16,19,30H,7-14H2,1-2H3. The molecule has 6 rings (SSSR count). The van der Waals surface area contributed by atoms with E-state index in [2.05, 4.69) is 46.8 Å². The summed E-state index contributed by atoms with van der Waals surface area (Å²) in [6.07, 6.45) is 2.32.